The van der Waals surface area contributed by atoms with E-state index in [1.165, 1.54) is 6.07 Å². The zero-order valence-corrected chi connectivity index (χ0v) is 14.2. The van der Waals surface area contributed by atoms with E-state index >= 15 is 0 Å². The average molecular weight is 373 g/mol. The van der Waals surface area contributed by atoms with Gasteiger partial charge in [-0.3, -0.25) is 0 Å². The monoisotopic (exact) mass is 371 g/mol. The Morgan fingerprint density at radius 1 is 1.29 bits per heavy atom. The number of nitrogens with one attached hydrogen (secondary N) is 1. The van der Waals surface area contributed by atoms with Crippen LogP contribution in [0.2, 0.25) is 5.02 Å². The molecule has 112 valence electrons. The van der Waals surface area contributed by atoms with Gasteiger partial charge in [0.1, 0.15) is 11.6 Å². The highest BCUT2D eigenvalue weighted by molar-refractivity contribution is 9.10. The first-order chi connectivity index (χ1) is 10.1. The first-order valence-electron chi connectivity index (χ1n) is 6.82. The molecule has 0 radical (unpaired) electrons. The molecule has 21 heavy (non-hydrogen) atoms. The molecular weight excluding hydrogens is 357 g/mol. The highest BCUT2D eigenvalue weighted by atomic mass is 79.9. The van der Waals surface area contributed by atoms with Gasteiger partial charge in [0.15, 0.2) is 5.82 Å². The van der Waals surface area contributed by atoms with E-state index in [1.807, 2.05) is 6.92 Å². The standard InChI is InChI=1S/C15H16BrClFN3/c1-3-5-12-13(16)15(19-4-2)21-14(20-12)9-6-7-11(18)10(17)8-9/h6-8H,3-5H2,1-2H3,(H,19,20,21). The topological polar surface area (TPSA) is 37.8 Å². The van der Waals surface area contributed by atoms with Crippen LogP contribution in [-0.4, -0.2) is 16.5 Å². The molecule has 0 amide bonds. The van der Waals surface area contributed by atoms with Gasteiger partial charge in [-0.05, 0) is 47.5 Å². The van der Waals surface area contributed by atoms with E-state index in [0.29, 0.717) is 11.4 Å². The van der Waals surface area contributed by atoms with Gasteiger partial charge >= 0.3 is 0 Å². The molecule has 0 fully saturated rings. The Labute approximate surface area is 137 Å². The second kappa shape index (κ2) is 7.18. The van der Waals surface area contributed by atoms with Crippen LogP contribution in [0.1, 0.15) is 26.0 Å². The van der Waals surface area contributed by atoms with Crippen molar-refractivity contribution in [2.75, 3.05) is 11.9 Å². The summed E-state index contributed by atoms with van der Waals surface area (Å²) in [7, 11) is 0. The zero-order chi connectivity index (χ0) is 15.4. The van der Waals surface area contributed by atoms with Crippen molar-refractivity contribution in [3.8, 4) is 11.4 Å². The molecular formula is C15H16BrClFN3. The summed E-state index contributed by atoms with van der Waals surface area (Å²) in [4.78, 5) is 9.06. The molecule has 1 aromatic carbocycles. The van der Waals surface area contributed by atoms with Crippen LogP contribution < -0.4 is 5.32 Å². The lowest BCUT2D eigenvalue weighted by Gasteiger charge is -2.12. The fourth-order valence-corrected chi connectivity index (χ4v) is 2.64. The van der Waals surface area contributed by atoms with E-state index in [2.05, 4.69) is 38.1 Å². The Morgan fingerprint density at radius 3 is 2.67 bits per heavy atom. The quantitative estimate of drug-likeness (QED) is 0.795. The van der Waals surface area contributed by atoms with Crippen molar-refractivity contribution in [3.05, 3.63) is 39.2 Å². The molecule has 1 heterocycles. The van der Waals surface area contributed by atoms with Crippen molar-refractivity contribution >= 4 is 33.3 Å². The van der Waals surface area contributed by atoms with Gasteiger partial charge in [-0.25, -0.2) is 14.4 Å². The van der Waals surface area contributed by atoms with Crippen LogP contribution in [-0.2, 0) is 6.42 Å². The summed E-state index contributed by atoms with van der Waals surface area (Å²) in [6, 6.07) is 4.51. The first-order valence-corrected chi connectivity index (χ1v) is 7.99. The van der Waals surface area contributed by atoms with Gasteiger partial charge in [0.2, 0.25) is 0 Å². The van der Waals surface area contributed by atoms with E-state index in [-0.39, 0.29) is 5.02 Å². The molecule has 0 aliphatic heterocycles. The molecule has 0 spiro atoms. The predicted molar refractivity (Wildman–Crippen MR) is 88.3 cm³/mol. The number of aromatic nitrogens is 2. The summed E-state index contributed by atoms with van der Waals surface area (Å²) in [5.74, 6) is 0.837. The lowest BCUT2D eigenvalue weighted by atomic mass is 10.2. The number of hydrogen-bond donors (Lipinski definition) is 1. The van der Waals surface area contributed by atoms with Crippen LogP contribution in [0.25, 0.3) is 11.4 Å². The van der Waals surface area contributed by atoms with Gasteiger partial charge in [0.05, 0.1) is 15.2 Å². The van der Waals surface area contributed by atoms with Crippen molar-refractivity contribution in [2.45, 2.75) is 26.7 Å². The number of hydrogen-bond acceptors (Lipinski definition) is 3. The molecule has 1 N–H and O–H groups in total. The second-order valence-electron chi connectivity index (χ2n) is 4.57. The molecule has 0 atom stereocenters. The number of aryl methyl sites for hydroxylation is 1. The van der Waals surface area contributed by atoms with Crippen LogP contribution in [0.3, 0.4) is 0 Å². The van der Waals surface area contributed by atoms with E-state index in [1.54, 1.807) is 12.1 Å². The molecule has 6 heteroatoms. The molecule has 0 saturated carbocycles. The predicted octanol–water partition coefficient (Wildman–Crippen LogP) is 5.08. The van der Waals surface area contributed by atoms with Crippen molar-refractivity contribution in [2.24, 2.45) is 0 Å². The Morgan fingerprint density at radius 2 is 2.05 bits per heavy atom. The van der Waals surface area contributed by atoms with Crippen LogP contribution in [0.4, 0.5) is 10.2 Å². The highest BCUT2D eigenvalue weighted by Crippen LogP contribution is 2.29. The summed E-state index contributed by atoms with van der Waals surface area (Å²) in [5.41, 5.74) is 1.63. The normalized spacial score (nSPS) is 10.7. The maximum absolute atomic E-state index is 13.3. The Hall–Kier alpha value is -1.20. The fourth-order valence-electron chi connectivity index (χ4n) is 1.94. The molecule has 1 aromatic heterocycles. The number of anilines is 1. The molecule has 2 aromatic rings. The minimum Gasteiger partial charge on any atom is -0.369 e. The van der Waals surface area contributed by atoms with E-state index < -0.39 is 5.82 Å². The van der Waals surface area contributed by atoms with Gasteiger partial charge in [0.25, 0.3) is 0 Å². The van der Waals surface area contributed by atoms with E-state index in [4.69, 9.17) is 11.6 Å². The minimum absolute atomic E-state index is 0.0704. The smallest absolute Gasteiger partial charge is 0.161 e. The number of benzene rings is 1. The average Bonchev–Trinajstić information content (AvgIpc) is 2.46. The lowest BCUT2D eigenvalue weighted by Crippen LogP contribution is -2.06. The molecule has 3 nitrogen and oxygen atoms in total. The van der Waals surface area contributed by atoms with Crippen LogP contribution in [0.5, 0.6) is 0 Å². The first kappa shape index (κ1) is 16.2. The Balaban J connectivity index is 2.53. The number of nitrogens with zero attached hydrogens (tertiary/aromatic N) is 2. The summed E-state index contributed by atoms with van der Waals surface area (Å²) in [6.07, 6.45) is 1.81. The van der Waals surface area contributed by atoms with Crippen molar-refractivity contribution in [3.63, 3.8) is 0 Å². The third kappa shape index (κ3) is 3.71. The van der Waals surface area contributed by atoms with Crippen molar-refractivity contribution in [1.29, 1.82) is 0 Å². The van der Waals surface area contributed by atoms with E-state index in [9.17, 15) is 4.39 Å². The number of halogens is 3. The molecule has 0 bridgehead atoms. The van der Waals surface area contributed by atoms with Crippen LogP contribution in [0.15, 0.2) is 22.7 Å². The zero-order valence-electron chi connectivity index (χ0n) is 11.9. The van der Waals surface area contributed by atoms with Gasteiger partial charge in [-0.2, -0.15) is 0 Å². The molecule has 0 aliphatic carbocycles. The summed E-state index contributed by atoms with van der Waals surface area (Å²) in [5, 5.41) is 3.28. The van der Waals surface area contributed by atoms with Crippen LogP contribution in [0, 0.1) is 5.82 Å². The third-order valence-corrected chi connectivity index (χ3v) is 4.05. The third-order valence-electron chi connectivity index (χ3n) is 2.93. The summed E-state index contributed by atoms with van der Waals surface area (Å²) >= 11 is 9.38. The van der Waals surface area contributed by atoms with Crippen molar-refractivity contribution in [1.82, 2.24) is 9.97 Å². The SMILES string of the molecule is CCCc1nc(-c2ccc(F)c(Cl)c2)nc(NCC)c1Br. The molecule has 0 aliphatic rings. The highest BCUT2D eigenvalue weighted by Gasteiger charge is 2.13. The van der Waals surface area contributed by atoms with Crippen LogP contribution >= 0.6 is 27.5 Å². The van der Waals surface area contributed by atoms with Gasteiger partial charge in [-0.15, -0.1) is 0 Å². The molecule has 0 saturated heterocycles. The maximum atomic E-state index is 13.3. The minimum atomic E-state index is -0.446. The van der Waals surface area contributed by atoms with Gasteiger partial charge in [-0.1, -0.05) is 24.9 Å². The summed E-state index contributed by atoms with van der Waals surface area (Å²) in [6.45, 7) is 4.85. The lowest BCUT2D eigenvalue weighted by molar-refractivity contribution is 0.628. The van der Waals surface area contributed by atoms with Crippen molar-refractivity contribution < 1.29 is 4.39 Å². The molecule has 0 unspecified atom stereocenters. The van der Waals surface area contributed by atoms with E-state index in [0.717, 1.165) is 35.4 Å². The Bertz CT molecular complexity index is 622. The molecule has 2 rings (SSSR count). The summed E-state index contributed by atoms with van der Waals surface area (Å²) < 4.78 is 14.2. The number of rotatable bonds is 5. The largest absolute Gasteiger partial charge is 0.369 e. The fraction of sp³-hybridized carbons (Fsp3) is 0.333. The Kier molecular flexibility index (Phi) is 5.53. The van der Waals surface area contributed by atoms with Gasteiger partial charge in [0, 0.05) is 12.1 Å². The maximum Gasteiger partial charge on any atom is 0.161 e. The second-order valence-corrected chi connectivity index (χ2v) is 5.77. The van der Waals surface area contributed by atoms with Gasteiger partial charge < -0.3 is 5.32 Å².